The number of ether oxygens (including phenoxy) is 2. The van der Waals surface area contributed by atoms with E-state index in [-0.39, 0.29) is 42.1 Å². The quantitative estimate of drug-likeness (QED) is 0.486. The van der Waals surface area contributed by atoms with Crippen LogP contribution in [0.1, 0.15) is 40.2 Å². The zero-order valence-corrected chi connectivity index (χ0v) is 18.5. The van der Waals surface area contributed by atoms with Gasteiger partial charge in [0.2, 0.25) is 0 Å². The molecule has 1 saturated carbocycles. The SMILES string of the molecule is CCOC(=O)C1(c2ccc(OCC(O)C[NH+]([O-])C(C)C)c3ccccc23)C(C)C1C. The molecule has 1 aliphatic rings. The molecule has 1 aliphatic carbocycles. The summed E-state index contributed by atoms with van der Waals surface area (Å²) in [4.78, 5) is 12.9. The molecule has 0 heterocycles. The molecule has 0 bridgehead atoms. The van der Waals surface area contributed by atoms with Gasteiger partial charge in [0, 0.05) is 5.39 Å². The highest BCUT2D eigenvalue weighted by atomic mass is 16.5. The van der Waals surface area contributed by atoms with Crippen LogP contribution < -0.4 is 9.80 Å². The van der Waals surface area contributed by atoms with E-state index < -0.39 is 11.5 Å². The summed E-state index contributed by atoms with van der Waals surface area (Å²) in [6, 6.07) is 11.5. The Bertz CT molecular complexity index is 888. The number of carbonyl (C=O) groups is 1. The molecule has 4 atom stereocenters. The van der Waals surface area contributed by atoms with Gasteiger partial charge >= 0.3 is 5.97 Å². The number of quaternary nitrogens is 1. The molecule has 2 N–H and O–H groups in total. The van der Waals surface area contributed by atoms with Crippen LogP contribution in [0.3, 0.4) is 0 Å². The smallest absolute Gasteiger partial charge is 0.317 e. The van der Waals surface area contributed by atoms with Crippen molar-refractivity contribution in [2.45, 2.75) is 52.2 Å². The fraction of sp³-hybridized carbons (Fsp3) is 0.542. The number of esters is 1. The van der Waals surface area contributed by atoms with E-state index in [9.17, 15) is 15.1 Å². The van der Waals surface area contributed by atoms with Gasteiger partial charge in [-0.25, -0.2) is 0 Å². The van der Waals surface area contributed by atoms with Gasteiger partial charge in [-0.05, 0) is 49.6 Å². The van der Waals surface area contributed by atoms with Gasteiger partial charge in [0.1, 0.15) is 25.0 Å². The van der Waals surface area contributed by atoms with Gasteiger partial charge in [0.05, 0.1) is 18.1 Å². The predicted molar refractivity (Wildman–Crippen MR) is 116 cm³/mol. The summed E-state index contributed by atoms with van der Waals surface area (Å²) in [5.74, 6) is 0.836. The van der Waals surface area contributed by atoms with E-state index in [1.54, 1.807) is 0 Å². The molecular weight excluding hydrogens is 382 g/mol. The van der Waals surface area contributed by atoms with Crippen LogP contribution in [-0.2, 0) is 14.9 Å². The summed E-state index contributed by atoms with van der Waals surface area (Å²) in [6.07, 6.45) is -0.854. The largest absolute Gasteiger partial charge is 0.634 e. The molecule has 164 valence electrons. The van der Waals surface area contributed by atoms with Crippen LogP contribution in [0.2, 0.25) is 0 Å². The summed E-state index contributed by atoms with van der Waals surface area (Å²) in [6.45, 7) is 10.1. The third-order valence-electron chi connectivity index (χ3n) is 6.53. The number of fused-ring (bicyclic) bond motifs is 1. The van der Waals surface area contributed by atoms with Crippen LogP contribution in [0, 0.1) is 17.0 Å². The van der Waals surface area contributed by atoms with Crippen LogP contribution in [-0.4, -0.2) is 43.0 Å². The van der Waals surface area contributed by atoms with Crippen LogP contribution in [0.25, 0.3) is 10.8 Å². The minimum absolute atomic E-state index is 0.0133. The first kappa shape index (κ1) is 22.5. The first-order chi connectivity index (χ1) is 14.2. The third kappa shape index (κ3) is 3.92. The topological polar surface area (TPSA) is 83.3 Å². The number of aliphatic hydroxyl groups excluding tert-OH is 1. The lowest BCUT2D eigenvalue weighted by molar-refractivity contribution is -0.874. The second kappa shape index (κ2) is 8.92. The van der Waals surface area contributed by atoms with Gasteiger partial charge in [-0.15, -0.1) is 0 Å². The lowest BCUT2D eigenvalue weighted by atomic mass is 9.87. The maximum absolute atomic E-state index is 12.9. The molecule has 30 heavy (non-hydrogen) atoms. The van der Waals surface area contributed by atoms with Gasteiger partial charge in [-0.2, -0.15) is 0 Å². The van der Waals surface area contributed by atoms with Gasteiger partial charge in [0.25, 0.3) is 0 Å². The number of rotatable bonds is 9. The van der Waals surface area contributed by atoms with Gasteiger partial charge < -0.3 is 24.9 Å². The van der Waals surface area contributed by atoms with E-state index in [4.69, 9.17) is 9.47 Å². The Morgan fingerprint density at radius 2 is 1.80 bits per heavy atom. The zero-order chi connectivity index (χ0) is 22.1. The van der Waals surface area contributed by atoms with Gasteiger partial charge in [-0.3, -0.25) is 4.79 Å². The average Bonchev–Trinajstić information content (AvgIpc) is 3.27. The molecular formula is C24H33NO5. The molecule has 0 spiro atoms. The highest BCUT2D eigenvalue weighted by Crippen LogP contribution is 2.61. The molecule has 4 unspecified atom stereocenters. The monoisotopic (exact) mass is 415 g/mol. The number of nitrogens with one attached hydrogen (secondary N) is 1. The summed E-state index contributed by atoms with van der Waals surface area (Å²) in [7, 11) is 0. The first-order valence-electron chi connectivity index (χ1n) is 10.8. The van der Waals surface area contributed by atoms with Crippen molar-refractivity contribution in [2.75, 3.05) is 19.8 Å². The Labute approximate surface area is 178 Å². The van der Waals surface area contributed by atoms with Crippen LogP contribution in [0.5, 0.6) is 5.75 Å². The minimum atomic E-state index is -0.854. The van der Waals surface area contributed by atoms with Crippen LogP contribution in [0.15, 0.2) is 36.4 Å². The van der Waals surface area contributed by atoms with Crippen molar-refractivity contribution in [3.8, 4) is 5.75 Å². The van der Waals surface area contributed by atoms with Crippen molar-refractivity contribution in [2.24, 2.45) is 11.8 Å². The van der Waals surface area contributed by atoms with Crippen molar-refractivity contribution < 1.29 is 24.4 Å². The standard InChI is InChI=1S/C24H33NO5/c1-6-29-23(27)24(16(4)17(24)5)21-11-12-22(20-10-8-7-9-19(20)21)30-14-18(26)13-25(28)15(2)3/h7-12,15-18,25-26H,6,13-14H2,1-5H3. The van der Waals surface area contributed by atoms with E-state index in [1.165, 1.54) is 0 Å². The molecule has 1 fully saturated rings. The number of carbonyl (C=O) groups excluding carboxylic acids is 1. The molecule has 6 nitrogen and oxygen atoms in total. The zero-order valence-electron chi connectivity index (χ0n) is 18.5. The highest BCUT2D eigenvalue weighted by Gasteiger charge is 2.67. The lowest BCUT2D eigenvalue weighted by Gasteiger charge is -2.28. The number of aliphatic hydroxyl groups is 1. The first-order valence-corrected chi connectivity index (χ1v) is 10.8. The summed E-state index contributed by atoms with van der Waals surface area (Å²) in [5, 5.41) is 23.9. The fourth-order valence-electron chi connectivity index (χ4n) is 4.47. The van der Waals surface area contributed by atoms with E-state index in [1.807, 2.05) is 57.2 Å². The Balaban J connectivity index is 1.90. The summed E-state index contributed by atoms with van der Waals surface area (Å²) >= 11 is 0. The average molecular weight is 416 g/mol. The normalized spacial score (nSPS) is 25.2. The molecule has 2 aromatic rings. The van der Waals surface area contributed by atoms with Crippen molar-refractivity contribution in [1.29, 1.82) is 0 Å². The second-order valence-corrected chi connectivity index (χ2v) is 8.61. The molecule has 0 amide bonds. The molecule has 0 saturated heterocycles. The number of hydrogen-bond donors (Lipinski definition) is 2. The number of benzene rings is 2. The van der Waals surface area contributed by atoms with E-state index in [2.05, 4.69) is 13.8 Å². The molecule has 3 rings (SSSR count). The molecule has 0 aromatic heterocycles. The predicted octanol–water partition coefficient (Wildman–Crippen LogP) is 2.46. The van der Waals surface area contributed by atoms with Crippen LogP contribution in [0.4, 0.5) is 0 Å². The molecule has 0 aliphatic heterocycles. The summed E-state index contributed by atoms with van der Waals surface area (Å²) in [5.41, 5.74) is 0.316. The number of hydrogen-bond acceptors (Lipinski definition) is 5. The Kier molecular flexibility index (Phi) is 6.70. The molecule has 2 aromatic carbocycles. The number of hydroxylamine groups is 2. The van der Waals surface area contributed by atoms with Crippen molar-refractivity contribution in [3.63, 3.8) is 0 Å². The molecule has 0 radical (unpaired) electrons. The lowest BCUT2D eigenvalue weighted by Crippen LogP contribution is -3.11. The fourth-order valence-corrected chi connectivity index (χ4v) is 4.47. The van der Waals surface area contributed by atoms with Crippen molar-refractivity contribution in [3.05, 3.63) is 47.2 Å². The van der Waals surface area contributed by atoms with E-state index >= 15 is 0 Å². The van der Waals surface area contributed by atoms with E-state index in [0.29, 0.717) is 12.4 Å². The summed E-state index contributed by atoms with van der Waals surface area (Å²) < 4.78 is 11.3. The van der Waals surface area contributed by atoms with Crippen LogP contribution >= 0.6 is 0 Å². The Hall–Kier alpha value is -2.15. The Morgan fingerprint density at radius 1 is 1.17 bits per heavy atom. The van der Waals surface area contributed by atoms with Crippen molar-refractivity contribution >= 4 is 16.7 Å². The van der Waals surface area contributed by atoms with Gasteiger partial charge in [-0.1, -0.05) is 44.2 Å². The maximum Gasteiger partial charge on any atom is 0.317 e. The van der Waals surface area contributed by atoms with Crippen molar-refractivity contribution in [1.82, 2.24) is 0 Å². The van der Waals surface area contributed by atoms with Gasteiger partial charge in [0.15, 0.2) is 0 Å². The van der Waals surface area contributed by atoms with E-state index in [0.717, 1.165) is 16.3 Å². The second-order valence-electron chi connectivity index (χ2n) is 8.61. The molecule has 6 heteroatoms. The minimum Gasteiger partial charge on any atom is -0.634 e. The maximum atomic E-state index is 12.9. The highest BCUT2D eigenvalue weighted by molar-refractivity contribution is 5.99. The third-order valence-corrected chi connectivity index (χ3v) is 6.53. The Morgan fingerprint density at radius 3 is 2.37 bits per heavy atom.